The highest BCUT2D eigenvalue weighted by Gasteiger charge is 2.22. The lowest BCUT2D eigenvalue weighted by molar-refractivity contribution is -0.0231. The van der Waals surface area contributed by atoms with Crippen LogP contribution in [0.2, 0.25) is 0 Å². The molecule has 0 aliphatic carbocycles. The molecular formula is C11H15F2NOS. The third-order valence-electron chi connectivity index (χ3n) is 1.55. The van der Waals surface area contributed by atoms with Crippen LogP contribution < -0.4 is 4.74 Å². The number of alkyl halides is 2. The molecule has 0 saturated carbocycles. The van der Waals surface area contributed by atoms with Gasteiger partial charge in [-0.25, -0.2) is 8.78 Å². The summed E-state index contributed by atoms with van der Waals surface area (Å²) in [6.07, 6.45) is 3.14. The monoisotopic (exact) mass is 247 g/mol. The minimum atomic E-state index is -2.82. The zero-order valence-corrected chi connectivity index (χ0v) is 10.4. The minimum absolute atomic E-state index is 0.382. The Balaban J connectivity index is 2.60. The number of nitrogens with zero attached hydrogens (tertiary/aromatic N) is 1. The van der Waals surface area contributed by atoms with Gasteiger partial charge in [0, 0.05) is 23.3 Å². The third kappa shape index (κ3) is 5.30. The van der Waals surface area contributed by atoms with E-state index in [-0.39, 0.29) is 0 Å². The van der Waals surface area contributed by atoms with Gasteiger partial charge in [-0.1, -0.05) is 13.8 Å². The van der Waals surface area contributed by atoms with E-state index in [4.69, 9.17) is 4.74 Å². The predicted molar refractivity (Wildman–Crippen MR) is 61.3 cm³/mol. The first kappa shape index (κ1) is 13.2. The molecule has 90 valence electrons. The summed E-state index contributed by atoms with van der Waals surface area (Å²) < 4.78 is 30.1. The van der Waals surface area contributed by atoms with Crippen molar-refractivity contribution in [2.24, 2.45) is 0 Å². The maximum absolute atomic E-state index is 12.6. The summed E-state index contributed by atoms with van der Waals surface area (Å²) in [5, 5.41) is 0.421. The second kappa shape index (κ2) is 5.48. The van der Waals surface area contributed by atoms with Crippen molar-refractivity contribution in [3.8, 4) is 5.75 Å². The second-order valence-electron chi connectivity index (χ2n) is 3.88. The largest absolute Gasteiger partial charge is 0.486 e. The Labute approximate surface area is 98.4 Å². The van der Waals surface area contributed by atoms with E-state index < -0.39 is 12.5 Å². The topological polar surface area (TPSA) is 22.1 Å². The molecule has 0 aliphatic rings. The third-order valence-corrected chi connectivity index (χ3v) is 2.52. The molecule has 2 nitrogen and oxygen atoms in total. The zero-order valence-electron chi connectivity index (χ0n) is 9.54. The lowest BCUT2D eigenvalue weighted by Crippen LogP contribution is -2.20. The van der Waals surface area contributed by atoms with Gasteiger partial charge in [0.25, 0.3) is 5.92 Å². The SMILES string of the molecule is CC(C)Sc1cncc(OCC(C)(F)F)c1. The molecule has 0 unspecified atom stereocenters. The average Bonchev–Trinajstić information content (AvgIpc) is 2.13. The summed E-state index contributed by atoms with van der Waals surface area (Å²) in [5.41, 5.74) is 0. The highest BCUT2D eigenvalue weighted by atomic mass is 32.2. The molecule has 16 heavy (non-hydrogen) atoms. The van der Waals surface area contributed by atoms with Gasteiger partial charge in [0.1, 0.15) is 5.75 Å². The highest BCUT2D eigenvalue weighted by Crippen LogP contribution is 2.25. The van der Waals surface area contributed by atoms with E-state index >= 15 is 0 Å². The van der Waals surface area contributed by atoms with Crippen LogP contribution in [0.15, 0.2) is 23.4 Å². The molecule has 0 atom stereocenters. The van der Waals surface area contributed by atoms with Crippen molar-refractivity contribution >= 4 is 11.8 Å². The van der Waals surface area contributed by atoms with Gasteiger partial charge in [0.05, 0.1) is 6.20 Å². The zero-order chi connectivity index (χ0) is 12.2. The van der Waals surface area contributed by atoms with E-state index in [1.165, 1.54) is 6.20 Å². The van der Waals surface area contributed by atoms with Gasteiger partial charge in [-0.2, -0.15) is 0 Å². The van der Waals surface area contributed by atoms with Crippen LogP contribution >= 0.6 is 11.8 Å². The van der Waals surface area contributed by atoms with E-state index in [1.807, 2.05) is 0 Å². The Bertz CT molecular complexity index is 339. The fraction of sp³-hybridized carbons (Fsp3) is 0.545. The number of aromatic nitrogens is 1. The van der Waals surface area contributed by atoms with Gasteiger partial charge in [-0.3, -0.25) is 4.98 Å². The maximum atomic E-state index is 12.6. The normalized spacial score (nSPS) is 11.9. The van der Waals surface area contributed by atoms with E-state index in [0.29, 0.717) is 11.0 Å². The van der Waals surface area contributed by atoms with E-state index in [9.17, 15) is 8.78 Å². The van der Waals surface area contributed by atoms with E-state index in [1.54, 1.807) is 24.0 Å². The molecule has 0 fully saturated rings. The molecule has 1 aromatic heterocycles. The Kier molecular flexibility index (Phi) is 4.53. The molecular weight excluding hydrogens is 232 g/mol. The smallest absolute Gasteiger partial charge is 0.278 e. The lowest BCUT2D eigenvalue weighted by Gasteiger charge is -2.12. The van der Waals surface area contributed by atoms with Crippen LogP contribution in [-0.2, 0) is 0 Å². The molecule has 1 aromatic rings. The molecule has 0 bridgehead atoms. The standard InChI is InChI=1S/C11H15F2NOS/c1-8(2)16-10-4-9(5-14-6-10)15-7-11(3,12)13/h4-6,8H,7H2,1-3H3. The number of hydrogen-bond acceptors (Lipinski definition) is 3. The van der Waals surface area contributed by atoms with Crippen LogP contribution in [0.25, 0.3) is 0 Å². The summed E-state index contributed by atoms with van der Waals surface area (Å²) in [7, 11) is 0. The highest BCUT2D eigenvalue weighted by molar-refractivity contribution is 7.99. The van der Waals surface area contributed by atoms with Crippen molar-refractivity contribution in [3.63, 3.8) is 0 Å². The van der Waals surface area contributed by atoms with Crippen molar-refractivity contribution in [3.05, 3.63) is 18.5 Å². The Morgan fingerprint density at radius 2 is 2.12 bits per heavy atom. The van der Waals surface area contributed by atoms with Gasteiger partial charge in [-0.05, 0) is 6.07 Å². The van der Waals surface area contributed by atoms with Crippen LogP contribution in [0.5, 0.6) is 5.75 Å². The molecule has 0 N–H and O–H groups in total. The van der Waals surface area contributed by atoms with Crippen LogP contribution in [0.1, 0.15) is 20.8 Å². The van der Waals surface area contributed by atoms with Gasteiger partial charge in [0.2, 0.25) is 0 Å². The first-order chi connectivity index (χ1) is 7.37. The van der Waals surface area contributed by atoms with Crippen LogP contribution in [0, 0.1) is 0 Å². The molecule has 0 radical (unpaired) electrons. The Morgan fingerprint density at radius 1 is 1.44 bits per heavy atom. The van der Waals surface area contributed by atoms with Crippen LogP contribution in [-0.4, -0.2) is 22.8 Å². The lowest BCUT2D eigenvalue weighted by atomic mass is 10.4. The summed E-state index contributed by atoms with van der Waals surface area (Å²) in [6, 6.07) is 1.73. The van der Waals surface area contributed by atoms with Crippen molar-refractivity contribution < 1.29 is 13.5 Å². The summed E-state index contributed by atoms with van der Waals surface area (Å²) >= 11 is 1.62. The fourth-order valence-electron chi connectivity index (χ4n) is 1.02. The summed E-state index contributed by atoms with van der Waals surface area (Å²) in [5.74, 6) is -2.44. The quantitative estimate of drug-likeness (QED) is 0.742. The summed E-state index contributed by atoms with van der Waals surface area (Å²) in [6.45, 7) is 4.31. The van der Waals surface area contributed by atoms with Gasteiger partial charge < -0.3 is 4.74 Å². The molecule has 0 aromatic carbocycles. The molecule has 0 amide bonds. The van der Waals surface area contributed by atoms with E-state index in [0.717, 1.165) is 11.8 Å². The fourth-order valence-corrected chi connectivity index (χ4v) is 1.87. The first-order valence-electron chi connectivity index (χ1n) is 4.99. The molecule has 5 heteroatoms. The van der Waals surface area contributed by atoms with Crippen LogP contribution in [0.4, 0.5) is 8.78 Å². The number of halogens is 2. The van der Waals surface area contributed by atoms with Crippen molar-refractivity contribution in [2.45, 2.75) is 36.8 Å². The van der Waals surface area contributed by atoms with Gasteiger partial charge >= 0.3 is 0 Å². The predicted octanol–water partition coefficient (Wildman–Crippen LogP) is 3.62. The molecule has 1 rings (SSSR count). The minimum Gasteiger partial charge on any atom is -0.486 e. The second-order valence-corrected chi connectivity index (χ2v) is 5.53. The number of ether oxygens (including phenoxy) is 1. The molecule has 0 saturated heterocycles. The van der Waals surface area contributed by atoms with E-state index in [2.05, 4.69) is 18.8 Å². The summed E-state index contributed by atoms with van der Waals surface area (Å²) in [4.78, 5) is 4.87. The van der Waals surface area contributed by atoms with Crippen molar-refractivity contribution in [1.82, 2.24) is 4.98 Å². The van der Waals surface area contributed by atoms with Crippen LogP contribution in [0.3, 0.4) is 0 Å². The molecule has 1 heterocycles. The van der Waals surface area contributed by atoms with Gasteiger partial charge in [-0.15, -0.1) is 11.8 Å². The maximum Gasteiger partial charge on any atom is 0.278 e. The Morgan fingerprint density at radius 3 is 2.69 bits per heavy atom. The molecule has 0 spiro atoms. The number of thioether (sulfide) groups is 1. The first-order valence-corrected chi connectivity index (χ1v) is 5.87. The van der Waals surface area contributed by atoms with Crippen molar-refractivity contribution in [1.29, 1.82) is 0 Å². The average molecular weight is 247 g/mol. The van der Waals surface area contributed by atoms with Crippen molar-refractivity contribution in [2.75, 3.05) is 6.61 Å². The number of pyridine rings is 1. The number of rotatable bonds is 5. The molecule has 0 aliphatic heterocycles. The number of hydrogen-bond donors (Lipinski definition) is 0. The van der Waals surface area contributed by atoms with Gasteiger partial charge in [0.15, 0.2) is 6.61 Å². The Hall–Kier alpha value is -0.840.